The van der Waals surface area contributed by atoms with E-state index >= 15 is 0 Å². The second-order valence-electron chi connectivity index (χ2n) is 4.98. The quantitative estimate of drug-likeness (QED) is 0.708. The molecule has 1 N–H and O–H groups in total. The fraction of sp³-hybridized carbons (Fsp3) is 0.118. The molecular formula is C17H14FN3O2S. The Morgan fingerprint density at radius 3 is 2.83 bits per heavy atom. The van der Waals surface area contributed by atoms with Crippen LogP contribution in [-0.4, -0.2) is 16.0 Å². The number of nitrogens with one attached hydrogen (secondary N) is 1. The average molecular weight is 343 g/mol. The zero-order valence-electron chi connectivity index (χ0n) is 12.8. The van der Waals surface area contributed by atoms with Crippen LogP contribution in [-0.2, 0) is 5.75 Å². The Morgan fingerprint density at radius 2 is 2.08 bits per heavy atom. The van der Waals surface area contributed by atoms with E-state index in [9.17, 15) is 9.18 Å². The highest BCUT2D eigenvalue weighted by Gasteiger charge is 2.13. The lowest BCUT2D eigenvalue weighted by Crippen LogP contribution is -2.13. The number of anilines is 1. The first kappa shape index (κ1) is 16.2. The van der Waals surface area contributed by atoms with Crippen molar-refractivity contribution in [3.05, 3.63) is 71.6 Å². The summed E-state index contributed by atoms with van der Waals surface area (Å²) < 4.78 is 18.3. The molecule has 5 nitrogen and oxygen atoms in total. The maximum atomic E-state index is 13.2. The third-order valence-corrected chi connectivity index (χ3v) is 4.19. The average Bonchev–Trinajstić information content (AvgIpc) is 2.99. The number of aryl methyl sites for hydroxylation is 1. The van der Waals surface area contributed by atoms with E-state index in [4.69, 9.17) is 4.52 Å². The zero-order valence-corrected chi connectivity index (χ0v) is 13.6. The van der Waals surface area contributed by atoms with Crippen molar-refractivity contribution >= 4 is 23.4 Å². The summed E-state index contributed by atoms with van der Waals surface area (Å²) in [7, 11) is 0. The minimum absolute atomic E-state index is 0.301. The Labute approximate surface area is 142 Å². The van der Waals surface area contributed by atoms with Crippen molar-refractivity contribution in [1.29, 1.82) is 0 Å². The summed E-state index contributed by atoms with van der Waals surface area (Å²) in [4.78, 5) is 17.4. The fourth-order valence-corrected chi connectivity index (χ4v) is 2.97. The summed E-state index contributed by atoms with van der Waals surface area (Å²) in [5.74, 6) is 0.832. The summed E-state index contributed by atoms with van der Waals surface area (Å²) in [6.45, 7) is 1.75. The molecule has 7 heteroatoms. The van der Waals surface area contributed by atoms with Crippen LogP contribution < -0.4 is 5.32 Å². The van der Waals surface area contributed by atoms with Crippen LogP contribution in [0.15, 0.2) is 57.9 Å². The maximum absolute atomic E-state index is 13.2. The summed E-state index contributed by atoms with van der Waals surface area (Å²) in [5.41, 5.74) is 0.912. The largest absolute Gasteiger partial charge is 0.338 e. The molecule has 0 unspecified atom stereocenters. The Balaban J connectivity index is 1.74. The van der Waals surface area contributed by atoms with Gasteiger partial charge in [0.2, 0.25) is 5.89 Å². The highest BCUT2D eigenvalue weighted by molar-refractivity contribution is 7.98. The predicted molar refractivity (Wildman–Crippen MR) is 89.4 cm³/mol. The van der Waals surface area contributed by atoms with Gasteiger partial charge in [0.25, 0.3) is 5.91 Å². The summed E-state index contributed by atoms with van der Waals surface area (Å²) >= 11 is 1.42. The molecule has 0 aliphatic heterocycles. The van der Waals surface area contributed by atoms with E-state index in [1.165, 1.54) is 23.9 Å². The van der Waals surface area contributed by atoms with Gasteiger partial charge < -0.3 is 9.84 Å². The first-order valence-electron chi connectivity index (χ1n) is 7.20. The van der Waals surface area contributed by atoms with Gasteiger partial charge in [0.05, 0.1) is 11.3 Å². The molecule has 0 fully saturated rings. The molecule has 0 saturated heterocycles. The molecule has 122 valence electrons. The molecule has 0 spiro atoms. The van der Waals surface area contributed by atoms with Gasteiger partial charge in [-0.25, -0.2) is 4.39 Å². The van der Waals surface area contributed by atoms with E-state index in [1.807, 2.05) is 12.1 Å². The molecule has 3 rings (SSSR count). The summed E-state index contributed by atoms with van der Waals surface area (Å²) in [5, 5.41) is 6.43. The number of nitrogens with zero attached hydrogens (tertiary/aromatic N) is 2. The van der Waals surface area contributed by atoms with Crippen LogP contribution >= 0.6 is 11.8 Å². The van der Waals surface area contributed by atoms with Crippen LogP contribution in [0.5, 0.6) is 0 Å². The minimum atomic E-state index is -0.401. The third-order valence-electron chi connectivity index (χ3n) is 3.13. The van der Waals surface area contributed by atoms with Gasteiger partial charge in [-0.05, 0) is 37.3 Å². The van der Waals surface area contributed by atoms with Gasteiger partial charge >= 0.3 is 0 Å². The molecule has 3 aromatic rings. The first-order valence-corrected chi connectivity index (χ1v) is 8.18. The van der Waals surface area contributed by atoms with Crippen molar-refractivity contribution in [2.24, 2.45) is 0 Å². The number of rotatable bonds is 5. The lowest BCUT2D eigenvalue weighted by Gasteiger charge is -2.09. The molecule has 24 heavy (non-hydrogen) atoms. The molecule has 0 radical (unpaired) electrons. The lowest BCUT2D eigenvalue weighted by atomic mass is 10.2. The predicted octanol–water partition coefficient (Wildman–Crippen LogP) is 4.06. The Bertz CT molecular complexity index is 866. The van der Waals surface area contributed by atoms with Gasteiger partial charge in [-0.2, -0.15) is 4.98 Å². The zero-order chi connectivity index (χ0) is 16.9. The van der Waals surface area contributed by atoms with E-state index in [-0.39, 0.29) is 5.91 Å². The van der Waals surface area contributed by atoms with Crippen molar-refractivity contribution < 1.29 is 13.7 Å². The number of benzene rings is 2. The number of carbonyl (C=O) groups excluding carboxylic acids is 1. The molecule has 1 amide bonds. The van der Waals surface area contributed by atoms with E-state index in [0.717, 1.165) is 4.90 Å². The van der Waals surface area contributed by atoms with Crippen molar-refractivity contribution in [2.45, 2.75) is 17.6 Å². The molecule has 0 aliphatic rings. The van der Waals surface area contributed by atoms with Crippen LogP contribution in [0.3, 0.4) is 0 Å². The second-order valence-corrected chi connectivity index (χ2v) is 6.00. The number of halogens is 1. The van der Waals surface area contributed by atoms with Crippen molar-refractivity contribution in [1.82, 2.24) is 10.1 Å². The van der Waals surface area contributed by atoms with Gasteiger partial charge in [-0.1, -0.05) is 23.4 Å². The van der Waals surface area contributed by atoms with Gasteiger partial charge in [-0.3, -0.25) is 4.79 Å². The second kappa shape index (κ2) is 7.27. The van der Waals surface area contributed by atoms with E-state index in [1.54, 1.807) is 31.2 Å². The maximum Gasteiger partial charge on any atom is 0.256 e. The van der Waals surface area contributed by atoms with Crippen LogP contribution in [0.25, 0.3) is 0 Å². The van der Waals surface area contributed by atoms with Gasteiger partial charge in [0, 0.05) is 10.6 Å². The van der Waals surface area contributed by atoms with Gasteiger partial charge in [0.15, 0.2) is 5.82 Å². The smallest absolute Gasteiger partial charge is 0.256 e. The third kappa shape index (κ3) is 3.99. The minimum Gasteiger partial charge on any atom is -0.338 e. The molecule has 0 saturated carbocycles. The number of aromatic nitrogens is 2. The molecule has 1 aromatic heterocycles. The molecule has 0 bridgehead atoms. The number of carbonyl (C=O) groups is 1. The van der Waals surface area contributed by atoms with Gasteiger partial charge in [0.1, 0.15) is 5.82 Å². The number of hydrogen-bond acceptors (Lipinski definition) is 5. The van der Waals surface area contributed by atoms with Crippen LogP contribution in [0, 0.1) is 12.7 Å². The SMILES string of the molecule is Cc1noc(CSc2ccccc2C(=O)Nc2cccc(F)c2)n1. The molecule has 2 aromatic carbocycles. The molecule has 0 aliphatic carbocycles. The van der Waals surface area contributed by atoms with Crippen molar-refractivity contribution in [3.63, 3.8) is 0 Å². The number of amides is 1. The fourth-order valence-electron chi connectivity index (χ4n) is 2.08. The highest BCUT2D eigenvalue weighted by Crippen LogP contribution is 2.26. The van der Waals surface area contributed by atoms with Gasteiger partial charge in [-0.15, -0.1) is 11.8 Å². The number of thioether (sulfide) groups is 1. The Morgan fingerprint density at radius 1 is 1.25 bits per heavy atom. The Kier molecular flexibility index (Phi) is 4.90. The first-order chi connectivity index (χ1) is 11.6. The monoisotopic (exact) mass is 343 g/mol. The summed E-state index contributed by atoms with van der Waals surface area (Å²) in [6, 6.07) is 13.0. The Hall–Kier alpha value is -2.67. The highest BCUT2D eigenvalue weighted by atomic mass is 32.2. The van der Waals surface area contributed by atoms with Crippen molar-refractivity contribution in [3.8, 4) is 0 Å². The van der Waals surface area contributed by atoms with Crippen LogP contribution in [0.2, 0.25) is 0 Å². The molecular weight excluding hydrogens is 329 g/mol. The van der Waals surface area contributed by atoms with E-state index < -0.39 is 5.82 Å². The number of hydrogen-bond donors (Lipinski definition) is 1. The molecule has 0 atom stereocenters. The van der Waals surface area contributed by atoms with Crippen LogP contribution in [0.4, 0.5) is 10.1 Å². The standard InChI is InChI=1S/C17H14FN3O2S/c1-11-19-16(23-21-11)10-24-15-8-3-2-7-14(15)17(22)20-13-6-4-5-12(18)9-13/h2-9H,10H2,1H3,(H,20,22). The van der Waals surface area contributed by atoms with Crippen molar-refractivity contribution in [2.75, 3.05) is 5.32 Å². The normalized spacial score (nSPS) is 10.6. The van der Waals surface area contributed by atoms with E-state index in [2.05, 4.69) is 15.5 Å². The summed E-state index contributed by atoms with van der Waals surface area (Å²) in [6.07, 6.45) is 0. The topological polar surface area (TPSA) is 68.0 Å². The lowest BCUT2D eigenvalue weighted by molar-refractivity contribution is 0.102. The molecule has 1 heterocycles. The van der Waals surface area contributed by atoms with Crippen LogP contribution in [0.1, 0.15) is 22.1 Å². The van der Waals surface area contributed by atoms with E-state index in [0.29, 0.717) is 28.7 Å².